The molecule has 2 aliphatic heterocycles. The van der Waals surface area contributed by atoms with Crippen LogP contribution >= 0.6 is 0 Å². The molecule has 0 aromatic heterocycles. The van der Waals surface area contributed by atoms with Crippen LogP contribution in [0.3, 0.4) is 0 Å². The van der Waals surface area contributed by atoms with Gasteiger partial charge in [-0.15, -0.1) is 0 Å². The molecule has 0 bridgehead atoms. The first-order valence-electron chi connectivity index (χ1n) is 4.24. The average molecular weight is 203 g/mol. The van der Waals surface area contributed by atoms with E-state index >= 15 is 0 Å². The van der Waals surface area contributed by atoms with Crippen molar-refractivity contribution in [2.24, 2.45) is 0 Å². The molecule has 6 nitrogen and oxygen atoms in total. The van der Waals surface area contributed by atoms with E-state index in [1.807, 2.05) is 0 Å². The summed E-state index contributed by atoms with van der Waals surface area (Å²) in [5.41, 5.74) is 0. The minimum atomic E-state index is -1.79. The first-order chi connectivity index (χ1) is 6.53. The third-order valence-electron chi connectivity index (χ3n) is 2.18. The van der Waals surface area contributed by atoms with Gasteiger partial charge in [0.1, 0.15) is 12.7 Å². The molecule has 1 radical (unpaired) electrons. The van der Waals surface area contributed by atoms with Crippen LogP contribution in [0.5, 0.6) is 0 Å². The molecule has 0 aliphatic carbocycles. The zero-order valence-corrected chi connectivity index (χ0v) is 7.60. The first-order valence-corrected chi connectivity index (χ1v) is 4.24. The van der Waals surface area contributed by atoms with Gasteiger partial charge in [0.25, 0.3) is 5.79 Å². The van der Waals surface area contributed by atoms with Crippen LogP contribution in [-0.4, -0.2) is 47.4 Å². The fraction of sp³-hybridized carbons (Fsp3) is 0.750. The summed E-state index contributed by atoms with van der Waals surface area (Å²) in [6.45, 7) is 1.02. The molecule has 3 atom stereocenters. The van der Waals surface area contributed by atoms with Crippen LogP contribution in [0.4, 0.5) is 0 Å². The molecule has 2 N–H and O–H groups in total. The molecule has 0 spiro atoms. The molecule has 2 heterocycles. The standard InChI is InChI=1S/C8H11O6/c1-4(9)14-8(11)3-13-6-5(10)2-12-7(6)8/h5,7,10-11H,2-3H2,1H3/t5-,7-,8-/m0/s1. The van der Waals surface area contributed by atoms with Crippen molar-refractivity contribution in [2.45, 2.75) is 24.9 Å². The van der Waals surface area contributed by atoms with Gasteiger partial charge in [-0.25, -0.2) is 0 Å². The third kappa shape index (κ3) is 1.40. The Labute approximate surface area is 80.4 Å². The highest BCUT2D eigenvalue weighted by atomic mass is 16.7. The first kappa shape index (κ1) is 9.85. The average Bonchev–Trinajstić information content (AvgIpc) is 2.55. The van der Waals surface area contributed by atoms with Gasteiger partial charge in [0.15, 0.2) is 12.2 Å². The number of hydrogen-bond acceptors (Lipinski definition) is 6. The fourth-order valence-corrected chi connectivity index (χ4v) is 1.65. The Bertz CT molecular complexity index is 254. The van der Waals surface area contributed by atoms with Crippen molar-refractivity contribution in [1.82, 2.24) is 0 Å². The monoisotopic (exact) mass is 203 g/mol. The number of aliphatic hydroxyl groups excluding tert-OH is 1. The van der Waals surface area contributed by atoms with E-state index in [4.69, 9.17) is 14.2 Å². The second kappa shape index (κ2) is 3.16. The highest BCUT2D eigenvalue weighted by molar-refractivity contribution is 5.66. The van der Waals surface area contributed by atoms with E-state index in [-0.39, 0.29) is 19.3 Å². The summed E-state index contributed by atoms with van der Waals surface area (Å²) in [5, 5.41) is 19.2. The summed E-state index contributed by atoms with van der Waals surface area (Å²) in [5.74, 6) is -2.42. The van der Waals surface area contributed by atoms with E-state index in [9.17, 15) is 15.0 Å². The van der Waals surface area contributed by atoms with Gasteiger partial charge in [0, 0.05) is 6.92 Å². The Kier molecular flexibility index (Phi) is 2.23. The summed E-state index contributed by atoms with van der Waals surface area (Å²) in [4.78, 5) is 10.7. The number of carbonyl (C=O) groups excluding carboxylic acids is 1. The van der Waals surface area contributed by atoms with Gasteiger partial charge >= 0.3 is 5.97 Å². The predicted molar refractivity (Wildman–Crippen MR) is 41.7 cm³/mol. The smallest absolute Gasteiger partial charge is 0.305 e. The van der Waals surface area contributed by atoms with E-state index in [1.165, 1.54) is 6.92 Å². The van der Waals surface area contributed by atoms with Crippen molar-refractivity contribution >= 4 is 5.97 Å². The normalized spacial score (nSPS) is 42.5. The Morgan fingerprint density at radius 2 is 2.43 bits per heavy atom. The molecule has 2 aliphatic rings. The maximum absolute atomic E-state index is 10.7. The van der Waals surface area contributed by atoms with Crippen LogP contribution in [0.2, 0.25) is 0 Å². The Morgan fingerprint density at radius 1 is 1.71 bits per heavy atom. The van der Waals surface area contributed by atoms with Crippen LogP contribution in [0, 0.1) is 6.10 Å². The molecule has 14 heavy (non-hydrogen) atoms. The predicted octanol–water partition coefficient (Wildman–Crippen LogP) is -1.44. The molecule has 0 saturated carbocycles. The molecule has 2 saturated heterocycles. The lowest BCUT2D eigenvalue weighted by Crippen LogP contribution is -2.45. The largest absolute Gasteiger partial charge is 0.428 e. The van der Waals surface area contributed by atoms with E-state index in [1.54, 1.807) is 0 Å². The number of carbonyl (C=O) groups is 1. The molecule has 0 aromatic carbocycles. The number of rotatable bonds is 1. The third-order valence-corrected chi connectivity index (χ3v) is 2.18. The van der Waals surface area contributed by atoms with Gasteiger partial charge in [-0.05, 0) is 0 Å². The van der Waals surface area contributed by atoms with Crippen LogP contribution in [0.15, 0.2) is 0 Å². The van der Waals surface area contributed by atoms with Crippen molar-refractivity contribution in [1.29, 1.82) is 0 Å². The van der Waals surface area contributed by atoms with Gasteiger partial charge in [0.05, 0.1) is 6.61 Å². The van der Waals surface area contributed by atoms with Gasteiger partial charge in [0.2, 0.25) is 0 Å². The number of aliphatic hydroxyl groups is 2. The lowest BCUT2D eigenvalue weighted by Gasteiger charge is -2.25. The minimum Gasteiger partial charge on any atom is -0.428 e. The fourth-order valence-electron chi connectivity index (χ4n) is 1.65. The maximum atomic E-state index is 10.7. The minimum absolute atomic E-state index is 0.0452. The van der Waals surface area contributed by atoms with Crippen molar-refractivity contribution in [3.63, 3.8) is 0 Å². The van der Waals surface area contributed by atoms with Crippen LogP contribution < -0.4 is 0 Å². The van der Waals surface area contributed by atoms with Crippen LogP contribution in [0.25, 0.3) is 0 Å². The molecule has 0 amide bonds. The molecule has 2 rings (SSSR count). The SMILES string of the molecule is CC(=O)O[C@@]1(O)CO[C]2[C@@H](O)CO[C@@H]21. The quantitative estimate of drug-likeness (QED) is 0.401. The number of fused-ring (bicyclic) bond motifs is 1. The number of hydrogen-bond donors (Lipinski definition) is 2. The molecule has 6 heteroatoms. The molecular weight excluding hydrogens is 192 g/mol. The second-order valence-electron chi connectivity index (χ2n) is 3.36. The maximum Gasteiger partial charge on any atom is 0.305 e. The summed E-state index contributed by atoms with van der Waals surface area (Å²) in [6, 6.07) is 0. The summed E-state index contributed by atoms with van der Waals surface area (Å²) in [6.07, 6.45) is -1.50. The van der Waals surface area contributed by atoms with Gasteiger partial charge in [-0.3, -0.25) is 4.79 Å². The van der Waals surface area contributed by atoms with E-state index in [2.05, 4.69) is 0 Å². The van der Waals surface area contributed by atoms with Crippen molar-refractivity contribution in [3.05, 3.63) is 6.10 Å². The second-order valence-corrected chi connectivity index (χ2v) is 3.36. The molecule has 2 fully saturated rings. The summed E-state index contributed by atoms with van der Waals surface area (Å²) >= 11 is 0. The summed E-state index contributed by atoms with van der Waals surface area (Å²) < 4.78 is 14.8. The number of esters is 1. The number of ether oxygens (including phenoxy) is 3. The Balaban J connectivity index is 2.11. The zero-order valence-electron chi connectivity index (χ0n) is 7.60. The van der Waals surface area contributed by atoms with Gasteiger partial charge < -0.3 is 24.4 Å². The van der Waals surface area contributed by atoms with Crippen LogP contribution in [-0.2, 0) is 19.0 Å². The van der Waals surface area contributed by atoms with E-state index < -0.39 is 24.0 Å². The van der Waals surface area contributed by atoms with Crippen molar-refractivity contribution in [3.8, 4) is 0 Å². The van der Waals surface area contributed by atoms with Crippen molar-refractivity contribution in [2.75, 3.05) is 13.2 Å². The van der Waals surface area contributed by atoms with Crippen molar-refractivity contribution < 1.29 is 29.2 Å². The highest BCUT2D eigenvalue weighted by Crippen LogP contribution is 2.39. The van der Waals surface area contributed by atoms with E-state index in [0.29, 0.717) is 0 Å². The lowest BCUT2D eigenvalue weighted by atomic mass is 10.1. The molecule has 0 unspecified atom stereocenters. The summed E-state index contributed by atoms with van der Waals surface area (Å²) in [7, 11) is 0. The topological polar surface area (TPSA) is 85.2 Å². The van der Waals surface area contributed by atoms with Crippen LogP contribution in [0.1, 0.15) is 6.92 Å². The van der Waals surface area contributed by atoms with E-state index in [0.717, 1.165) is 0 Å². The van der Waals surface area contributed by atoms with Gasteiger partial charge in [-0.2, -0.15) is 0 Å². The molecule has 79 valence electrons. The zero-order chi connectivity index (χ0) is 10.3. The Morgan fingerprint density at radius 3 is 3.07 bits per heavy atom. The lowest BCUT2D eigenvalue weighted by molar-refractivity contribution is -0.235. The Hall–Kier alpha value is -0.690. The molecular formula is C8H11O6. The van der Waals surface area contributed by atoms with Gasteiger partial charge in [-0.1, -0.05) is 0 Å². The highest BCUT2D eigenvalue weighted by Gasteiger charge is 2.59. The molecule has 0 aromatic rings.